The number of aromatic nitrogens is 3. The van der Waals surface area contributed by atoms with Gasteiger partial charge in [0, 0.05) is 72.0 Å². The Balaban J connectivity index is 1.80. The summed E-state index contributed by atoms with van der Waals surface area (Å²) < 4.78 is 27.5. The van der Waals surface area contributed by atoms with Gasteiger partial charge in [-0.05, 0) is 54.1 Å². The van der Waals surface area contributed by atoms with Crippen LogP contribution in [0.25, 0.3) is 22.5 Å². The standard InChI is InChI=1S/C28H28FN5O3S2/c1-18(35)30-14-15-34-27(22-12-13-31-25(16-22)32-19(2)36)26(21-6-8-23(29)9-7-21)33-28(34)38-17-20-4-10-24(11-5-20)39(3)37/h4-13,16H,14-15,17H2,1-3H3,(H,30,35)(H,31,32,36). The van der Waals surface area contributed by atoms with Gasteiger partial charge in [0.05, 0.1) is 11.4 Å². The quantitative estimate of drug-likeness (QED) is 0.266. The number of nitrogens with one attached hydrogen (secondary N) is 2. The molecule has 2 N–H and O–H groups in total. The lowest BCUT2D eigenvalue weighted by atomic mass is 10.1. The Morgan fingerprint density at radius 1 is 1.00 bits per heavy atom. The topological polar surface area (TPSA) is 106 Å². The maximum atomic E-state index is 13.8. The van der Waals surface area contributed by atoms with Crippen molar-refractivity contribution in [1.29, 1.82) is 0 Å². The molecule has 2 aromatic carbocycles. The molecule has 2 heterocycles. The van der Waals surface area contributed by atoms with E-state index in [0.29, 0.717) is 35.5 Å². The Hall–Kier alpha value is -3.83. The number of halogens is 1. The summed E-state index contributed by atoms with van der Waals surface area (Å²) in [5.41, 5.74) is 3.90. The highest BCUT2D eigenvalue weighted by Gasteiger charge is 2.21. The predicted octanol–water partition coefficient (Wildman–Crippen LogP) is 4.88. The second-order valence-corrected chi connectivity index (χ2v) is 11.1. The highest BCUT2D eigenvalue weighted by Crippen LogP contribution is 2.37. The van der Waals surface area contributed by atoms with Crippen LogP contribution in [0.15, 0.2) is 76.9 Å². The molecule has 2 amide bonds. The Kier molecular flexibility index (Phi) is 9.26. The van der Waals surface area contributed by atoms with E-state index in [0.717, 1.165) is 27.3 Å². The molecular formula is C28H28FN5O3S2. The molecule has 0 bridgehead atoms. The molecule has 11 heteroatoms. The van der Waals surface area contributed by atoms with Crippen molar-refractivity contribution < 1.29 is 18.2 Å². The number of pyridine rings is 1. The van der Waals surface area contributed by atoms with Gasteiger partial charge < -0.3 is 15.2 Å². The molecule has 202 valence electrons. The van der Waals surface area contributed by atoms with Crippen LogP contribution in [0.3, 0.4) is 0 Å². The Labute approximate surface area is 232 Å². The molecule has 0 aliphatic carbocycles. The molecule has 0 spiro atoms. The van der Waals surface area contributed by atoms with E-state index in [1.54, 1.807) is 30.7 Å². The number of benzene rings is 2. The fraction of sp³-hybridized carbons (Fsp3) is 0.214. The SMILES string of the molecule is CC(=O)NCCn1c(SCc2ccc(S(C)=O)cc2)nc(-c2ccc(F)cc2)c1-c1ccnc(NC(C)=O)c1. The smallest absolute Gasteiger partial charge is 0.222 e. The third-order valence-corrected chi connectivity index (χ3v) is 7.70. The minimum atomic E-state index is -1.05. The lowest BCUT2D eigenvalue weighted by Crippen LogP contribution is -2.25. The van der Waals surface area contributed by atoms with Crippen LogP contribution in [0.2, 0.25) is 0 Å². The summed E-state index contributed by atoms with van der Waals surface area (Å²) in [7, 11) is -1.05. The lowest BCUT2D eigenvalue weighted by Gasteiger charge is -2.14. The number of nitrogens with zero attached hydrogens (tertiary/aromatic N) is 3. The highest BCUT2D eigenvalue weighted by molar-refractivity contribution is 7.98. The van der Waals surface area contributed by atoms with E-state index in [9.17, 15) is 18.2 Å². The molecule has 1 unspecified atom stereocenters. The van der Waals surface area contributed by atoms with Gasteiger partial charge in [0.1, 0.15) is 11.6 Å². The maximum absolute atomic E-state index is 13.8. The molecule has 8 nitrogen and oxygen atoms in total. The number of imidazole rings is 1. The van der Waals surface area contributed by atoms with Gasteiger partial charge >= 0.3 is 0 Å². The summed E-state index contributed by atoms with van der Waals surface area (Å²) in [6.45, 7) is 3.67. The number of carbonyl (C=O) groups excluding carboxylic acids is 2. The minimum Gasteiger partial charge on any atom is -0.355 e. The molecule has 0 saturated heterocycles. The van der Waals surface area contributed by atoms with Crippen molar-refractivity contribution in [2.24, 2.45) is 0 Å². The third-order valence-electron chi connectivity index (χ3n) is 5.72. The molecule has 0 aliphatic heterocycles. The molecule has 2 aromatic heterocycles. The van der Waals surface area contributed by atoms with Crippen LogP contribution in [0.5, 0.6) is 0 Å². The molecule has 0 aliphatic rings. The van der Waals surface area contributed by atoms with Gasteiger partial charge in [0.2, 0.25) is 11.8 Å². The van der Waals surface area contributed by atoms with Gasteiger partial charge in [-0.2, -0.15) is 0 Å². The summed E-state index contributed by atoms with van der Waals surface area (Å²) in [5.74, 6) is 0.251. The molecule has 39 heavy (non-hydrogen) atoms. The lowest BCUT2D eigenvalue weighted by molar-refractivity contribution is -0.119. The zero-order chi connectivity index (χ0) is 27.9. The first-order chi connectivity index (χ1) is 18.7. The van der Waals surface area contributed by atoms with Crippen molar-refractivity contribution in [3.8, 4) is 22.5 Å². The highest BCUT2D eigenvalue weighted by atomic mass is 32.2. The zero-order valence-corrected chi connectivity index (χ0v) is 23.4. The molecule has 4 rings (SSSR count). The van der Waals surface area contributed by atoms with Crippen molar-refractivity contribution in [2.45, 2.75) is 36.2 Å². The van der Waals surface area contributed by atoms with E-state index in [2.05, 4.69) is 15.6 Å². The first-order valence-electron chi connectivity index (χ1n) is 12.1. The number of hydrogen-bond donors (Lipinski definition) is 2. The first-order valence-corrected chi connectivity index (χ1v) is 14.7. The largest absolute Gasteiger partial charge is 0.355 e. The number of amides is 2. The molecular weight excluding hydrogens is 537 g/mol. The van der Waals surface area contributed by atoms with Crippen LogP contribution in [-0.2, 0) is 32.7 Å². The summed E-state index contributed by atoms with van der Waals surface area (Å²) >= 11 is 1.52. The number of anilines is 1. The average Bonchev–Trinajstić information content (AvgIpc) is 3.26. The van der Waals surface area contributed by atoms with E-state index in [1.165, 1.54) is 37.7 Å². The van der Waals surface area contributed by atoms with Crippen LogP contribution < -0.4 is 10.6 Å². The third kappa shape index (κ3) is 7.39. The van der Waals surface area contributed by atoms with Crippen LogP contribution in [0.1, 0.15) is 19.4 Å². The van der Waals surface area contributed by atoms with Crippen molar-refractivity contribution >= 4 is 40.2 Å². The molecule has 1 atom stereocenters. The maximum Gasteiger partial charge on any atom is 0.222 e. The molecule has 0 radical (unpaired) electrons. The number of rotatable bonds is 10. The van der Waals surface area contributed by atoms with Gasteiger partial charge in [-0.15, -0.1) is 0 Å². The molecule has 4 aromatic rings. The van der Waals surface area contributed by atoms with Crippen LogP contribution in [0.4, 0.5) is 10.2 Å². The zero-order valence-electron chi connectivity index (χ0n) is 21.7. The van der Waals surface area contributed by atoms with Gasteiger partial charge in [-0.1, -0.05) is 23.9 Å². The van der Waals surface area contributed by atoms with E-state index in [1.807, 2.05) is 34.9 Å². The normalized spacial score (nSPS) is 11.7. The van der Waals surface area contributed by atoms with Gasteiger partial charge in [-0.3, -0.25) is 13.8 Å². The second kappa shape index (κ2) is 12.8. The van der Waals surface area contributed by atoms with Gasteiger partial charge in [0.25, 0.3) is 0 Å². The summed E-state index contributed by atoms with van der Waals surface area (Å²) in [6.07, 6.45) is 3.25. The van der Waals surface area contributed by atoms with E-state index >= 15 is 0 Å². The number of carbonyl (C=O) groups is 2. The average molecular weight is 566 g/mol. The van der Waals surface area contributed by atoms with Crippen molar-refractivity contribution in [3.63, 3.8) is 0 Å². The molecule has 0 fully saturated rings. The van der Waals surface area contributed by atoms with E-state index in [-0.39, 0.29) is 17.6 Å². The predicted molar refractivity (Wildman–Crippen MR) is 152 cm³/mol. The van der Waals surface area contributed by atoms with Crippen molar-refractivity contribution in [1.82, 2.24) is 19.9 Å². The van der Waals surface area contributed by atoms with Gasteiger partial charge in [-0.25, -0.2) is 14.4 Å². The fourth-order valence-electron chi connectivity index (χ4n) is 3.95. The second-order valence-electron chi connectivity index (χ2n) is 8.73. The van der Waals surface area contributed by atoms with Crippen molar-refractivity contribution in [2.75, 3.05) is 18.1 Å². The van der Waals surface area contributed by atoms with Gasteiger partial charge in [0.15, 0.2) is 5.16 Å². The monoisotopic (exact) mass is 565 g/mol. The Morgan fingerprint density at radius 2 is 1.72 bits per heavy atom. The van der Waals surface area contributed by atoms with Crippen LogP contribution in [-0.4, -0.2) is 43.4 Å². The van der Waals surface area contributed by atoms with Crippen LogP contribution in [0, 0.1) is 5.82 Å². The van der Waals surface area contributed by atoms with E-state index < -0.39 is 10.8 Å². The fourth-order valence-corrected chi connectivity index (χ4v) is 5.45. The summed E-state index contributed by atoms with van der Waals surface area (Å²) in [6, 6.07) is 17.3. The number of thioether (sulfide) groups is 1. The molecule has 0 saturated carbocycles. The Bertz CT molecular complexity index is 1500. The summed E-state index contributed by atoms with van der Waals surface area (Å²) in [4.78, 5) is 33.3. The van der Waals surface area contributed by atoms with Crippen molar-refractivity contribution in [3.05, 3.63) is 78.2 Å². The first kappa shape index (κ1) is 28.2. The number of hydrogen-bond acceptors (Lipinski definition) is 6. The minimum absolute atomic E-state index is 0.144. The van der Waals surface area contributed by atoms with E-state index in [4.69, 9.17) is 4.98 Å². The summed E-state index contributed by atoms with van der Waals surface area (Å²) in [5, 5.41) is 6.26. The van der Waals surface area contributed by atoms with Crippen LogP contribution >= 0.6 is 11.8 Å². The Morgan fingerprint density at radius 3 is 2.36 bits per heavy atom.